The van der Waals surface area contributed by atoms with Gasteiger partial charge in [-0.05, 0) is 31.4 Å². The molecule has 5 heteroatoms. The van der Waals surface area contributed by atoms with Gasteiger partial charge in [0, 0.05) is 17.5 Å². The van der Waals surface area contributed by atoms with Gasteiger partial charge in [0.25, 0.3) is 0 Å². The zero-order chi connectivity index (χ0) is 15.5. The van der Waals surface area contributed by atoms with Crippen molar-refractivity contribution in [1.29, 1.82) is 0 Å². The fourth-order valence-corrected chi connectivity index (χ4v) is 4.33. The van der Waals surface area contributed by atoms with Gasteiger partial charge in [0.1, 0.15) is 5.82 Å². The van der Waals surface area contributed by atoms with E-state index in [1.54, 1.807) is 17.0 Å². The Morgan fingerprint density at radius 2 is 1.95 bits per heavy atom. The van der Waals surface area contributed by atoms with Crippen molar-refractivity contribution >= 4 is 17.6 Å². The molecule has 0 radical (unpaired) electrons. The van der Waals surface area contributed by atoms with E-state index in [9.17, 15) is 14.0 Å². The Morgan fingerprint density at radius 3 is 2.59 bits per heavy atom. The number of rotatable bonds is 2. The Balaban J connectivity index is 1.70. The van der Waals surface area contributed by atoms with E-state index in [4.69, 9.17) is 5.11 Å². The normalized spacial score (nSPS) is 28.0. The number of nitrogens with zero attached hydrogens (tertiary/aromatic N) is 1. The number of carboxylic acids is 1. The number of carbonyl (C=O) groups excluding carboxylic acids is 1. The first kappa shape index (κ1) is 13.7. The van der Waals surface area contributed by atoms with Crippen molar-refractivity contribution < 1.29 is 19.1 Å². The monoisotopic (exact) mass is 303 g/mol. The lowest BCUT2D eigenvalue weighted by Crippen LogP contribution is -2.37. The van der Waals surface area contributed by atoms with Gasteiger partial charge >= 0.3 is 5.97 Å². The molecule has 1 amide bonds. The SMILES string of the molecule is O=C(O)[C@H]1C[C@H]1C(=O)N1CC2(CCCC2)c2c(F)cccc21. The Bertz CT molecular complexity index is 666. The van der Waals surface area contributed by atoms with Crippen molar-refractivity contribution in [2.24, 2.45) is 11.8 Å². The smallest absolute Gasteiger partial charge is 0.307 e. The molecule has 1 N–H and O–H groups in total. The van der Waals surface area contributed by atoms with Crippen LogP contribution in [0, 0.1) is 17.7 Å². The van der Waals surface area contributed by atoms with E-state index >= 15 is 0 Å². The summed E-state index contributed by atoms with van der Waals surface area (Å²) in [6.07, 6.45) is 4.31. The second-order valence-corrected chi connectivity index (χ2v) is 6.83. The van der Waals surface area contributed by atoms with Crippen molar-refractivity contribution in [3.8, 4) is 0 Å². The number of aliphatic carboxylic acids is 1. The first-order valence-electron chi connectivity index (χ1n) is 7.87. The van der Waals surface area contributed by atoms with Crippen LogP contribution in [0.4, 0.5) is 10.1 Å². The number of halogens is 1. The second kappa shape index (κ2) is 4.54. The van der Waals surface area contributed by atoms with E-state index in [1.165, 1.54) is 6.07 Å². The highest BCUT2D eigenvalue weighted by molar-refractivity contribution is 6.02. The molecule has 22 heavy (non-hydrogen) atoms. The van der Waals surface area contributed by atoms with Gasteiger partial charge < -0.3 is 10.0 Å². The molecule has 2 saturated carbocycles. The molecule has 3 aliphatic rings. The zero-order valence-corrected chi connectivity index (χ0v) is 12.2. The summed E-state index contributed by atoms with van der Waals surface area (Å²) in [5, 5.41) is 9.03. The number of amides is 1. The average molecular weight is 303 g/mol. The molecule has 1 aromatic rings. The van der Waals surface area contributed by atoms with Crippen molar-refractivity contribution in [2.75, 3.05) is 11.4 Å². The van der Waals surface area contributed by atoms with Crippen LogP contribution in [-0.4, -0.2) is 23.5 Å². The number of fused-ring (bicyclic) bond motifs is 2. The molecule has 0 unspecified atom stereocenters. The third kappa shape index (κ3) is 1.81. The molecule has 4 rings (SSSR count). The van der Waals surface area contributed by atoms with Crippen LogP contribution in [0.3, 0.4) is 0 Å². The van der Waals surface area contributed by atoms with Gasteiger partial charge in [-0.3, -0.25) is 9.59 Å². The first-order chi connectivity index (χ1) is 10.5. The van der Waals surface area contributed by atoms with Crippen molar-refractivity contribution in [2.45, 2.75) is 37.5 Å². The maximum Gasteiger partial charge on any atom is 0.307 e. The van der Waals surface area contributed by atoms with Gasteiger partial charge in [-0.25, -0.2) is 4.39 Å². The molecule has 0 aromatic heterocycles. The van der Waals surface area contributed by atoms with Crippen LogP contribution in [0.1, 0.15) is 37.7 Å². The highest BCUT2D eigenvalue weighted by Crippen LogP contribution is 2.53. The minimum atomic E-state index is -0.910. The Kier molecular flexibility index (Phi) is 2.83. The van der Waals surface area contributed by atoms with Crippen LogP contribution in [0.15, 0.2) is 18.2 Å². The van der Waals surface area contributed by atoms with E-state index in [1.807, 2.05) is 0 Å². The Hall–Kier alpha value is -1.91. The summed E-state index contributed by atoms with van der Waals surface area (Å²) in [5.41, 5.74) is 1.07. The van der Waals surface area contributed by atoms with Gasteiger partial charge in [-0.15, -0.1) is 0 Å². The fourth-order valence-electron chi connectivity index (χ4n) is 4.33. The third-order valence-electron chi connectivity index (χ3n) is 5.53. The molecular weight excluding hydrogens is 285 g/mol. The molecule has 2 fully saturated rings. The van der Waals surface area contributed by atoms with E-state index in [2.05, 4.69) is 0 Å². The third-order valence-corrected chi connectivity index (χ3v) is 5.53. The molecule has 0 bridgehead atoms. The van der Waals surface area contributed by atoms with E-state index < -0.39 is 17.8 Å². The van der Waals surface area contributed by atoms with E-state index in [0.717, 1.165) is 25.7 Å². The second-order valence-electron chi connectivity index (χ2n) is 6.83. The standard InChI is InChI=1S/C17H18FNO3/c18-12-4-3-5-13-14(12)17(6-1-2-7-17)9-19(13)15(20)10-8-11(10)16(21)22/h3-5,10-11H,1-2,6-9H2,(H,21,22)/t10-,11+/m1/s1. The average Bonchev–Trinajstić information content (AvgIpc) is 3.06. The number of hydrogen-bond donors (Lipinski definition) is 1. The van der Waals surface area contributed by atoms with Crippen LogP contribution in [0.25, 0.3) is 0 Å². The van der Waals surface area contributed by atoms with Gasteiger partial charge in [0.2, 0.25) is 5.91 Å². The maximum absolute atomic E-state index is 14.4. The largest absolute Gasteiger partial charge is 0.481 e. The molecule has 1 aliphatic heterocycles. The molecule has 116 valence electrons. The molecule has 2 aliphatic carbocycles. The predicted molar refractivity (Wildman–Crippen MR) is 78.1 cm³/mol. The molecule has 1 heterocycles. The minimum Gasteiger partial charge on any atom is -0.481 e. The van der Waals surface area contributed by atoms with Crippen LogP contribution in [-0.2, 0) is 15.0 Å². The summed E-state index contributed by atoms with van der Waals surface area (Å²) < 4.78 is 14.4. The van der Waals surface area contributed by atoms with Crippen LogP contribution < -0.4 is 4.90 Å². The van der Waals surface area contributed by atoms with Crippen LogP contribution >= 0.6 is 0 Å². The number of carboxylic acid groups (broad SMARTS) is 1. The lowest BCUT2D eigenvalue weighted by atomic mass is 9.80. The summed E-state index contributed by atoms with van der Waals surface area (Å²) >= 11 is 0. The van der Waals surface area contributed by atoms with Crippen LogP contribution in [0.5, 0.6) is 0 Å². The molecule has 4 nitrogen and oxygen atoms in total. The highest BCUT2D eigenvalue weighted by Gasteiger charge is 2.54. The molecule has 0 saturated heterocycles. The van der Waals surface area contributed by atoms with Gasteiger partial charge in [0.15, 0.2) is 0 Å². The lowest BCUT2D eigenvalue weighted by molar-refractivity contribution is -0.140. The number of hydrogen-bond acceptors (Lipinski definition) is 2. The molecule has 1 aromatic carbocycles. The van der Waals surface area contributed by atoms with Gasteiger partial charge in [0.05, 0.1) is 17.5 Å². The lowest BCUT2D eigenvalue weighted by Gasteiger charge is -2.25. The highest BCUT2D eigenvalue weighted by atomic mass is 19.1. The Morgan fingerprint density at radius 1 is 1.23 bits per heavy atom. The fraction of sp³-hybridized carbons (Fsp3) is 0.529. The van der Waals surface area contributed by atoms with Crippen molar-refractivity contribution in [3.05, 3.63) is 29.6 Å². The predicted octanol–water partition coefficient (Wildman–Crippen LogP) is 2.70. The quantitative estimate of drug-likeness (QED) is 0.914. The van der Waals surface area contributed by atoms with Gasteiger partial charge in [-0.1, -0.05) is 18.9 Å². The van der Waals surface area contributed by atoms with E-state index in [-0.39, 0.29) is 17.1 Å². The van der Waals surface area contributed by atoms with Crippen molar-refractivity contribution in [3.63, 3.8) is 0 Å². The first-order valence-corrected chi connectivity index (χ1v) is 7.87. The molecule has 1 spiro atoms. The Labute approximate surface area is 127 Å². The number of anilines is 1. The topological polar surface area (TPSA) is 57.6 Å². The number of carbonyl (C=O) groups is 2. The van der Waals surface area contributed by atoms with E-state index in [0.29, 0.717) is 24.2 Å². The summed E-state index contributed by atoms with van der Waals surface area (Å²) in [5.74, 6) is -2.30. The summed E-state index contributed by atoms with van der Waals surface area (Å²) in [6, 6.07) is 4.88. The summed E-state index contributed by atoms with van der Waals surface area (Å²) in [7, 11) is 0. The summed E-state index contributed by atoms with van der Waals surface area (Å²) in [6.45, 7) is 0.505. The van der Waals surface area contributed by atoms with Crippen molar-refractivity contribution in [1.82, 2.24) is 0 Å². The molecular formula is C17H18FNO3. The summed E-state index contributed by atoms with van der Waals surface area (Å²) in [4.78, 5) is 25.3. The molecule has 2 atom stereocenters. The number of benzene rings is 1. The maximum atomic E-state index is 14.4. The zero-order valence-electron chi connectivity index (χ0n) is 12.2. The van der Waals surface area contributed by atoms with Crippen LogP contribution in [0.2, 0.25) is 0 Å². The minimum absolute atomic E-state index is 0.150. The van der Waals surface area contributed by atoms with Gasteiger partial charge in [-0.2, -0.15) is 0 Å².